The minimum atomic E-state index is -1.62. The molecule has 5 aromatic carbocycles. The molecule has 0 bridgehead atoms. The van der Waals surface area contributed by atoms with E-state index < -0.39 is 193 Å². The van der Waals surface area contributed by atoms with Gasteiger partial charge in [-0.15, -0.1) is 0 Å². The Bertz CT molecular complexity index is 5570. The Balaban J connectivity index is 0.753. The van der Waals surface area contributed by atoms with Gasteiger partial charge in [-0.3, -0.25) is 67.1 Å². The van der Waals surface area contributed by atoms with Crippen molar-refractivity contribution in [2.45, 2.75) is 222 Å². The number of para-hydroxylation sites is 2. The number of phenolic OH excluding ortho intramolecular Hbond substituents is 1. The first-order chi connectivity index (χ1) is 65.7. The summed E-state index contributed by atoms with van der Waals surface area (Å²) in [7, 11) is 0. The van der Waals surface area contributed by atoms with Gasteiger partial charge in [0.1, 0.15) is 84.9 Å². The number of unbranched alkanes of at least 4 members (excludes halogenated alkanes) is 1. The van der Waals surface area contributed by atoms with Crippen LogP contribution in [0.5, 0.6) is 5.75 Å². The zero-order valence-electron chi connectivity index (χ0n) is 77.3. The fourth-order valence-corrected chi connectivity index (χ4v) is 18.1. The standard InChI is InChI=1S/C97H124N20O19S/c1-54(2)42-74(111-89(126)76(45-57-48-102-68-24-12-10-18-61(57)68)112-91(128)78(47-59-50-101-53-105-59)113-90(127)77(46-58-49-103-69-25-13-11-19-62(58)69)115-97(135)136-52-67-65-22-8-6-20-63(65)64-21-7-9-23-66(64)67)87(124)107-70(33-35-82(99)119)85(122)110-75(43-55(3)4)88(125)109-72(26-14-15-38-98)94(131)116-39-16-27-80(116)92(129)104-51-84(121)106-73(34-36-83(100)120)95(132)117-40-17-28-81(117)93(130)108-71(37-41-137-5)86(123)114-79(96(133)134)44-56-29-31-60(118)32-30-56/h6-13,18-25,29-32,48-50,53-55,67,70-81,102-103,118H,14-17,26-28,33-47,51-52,98H2,1-5H3,(H2,99,119)(H2,100,120)(H,101,105)(H,104,129)(H,106,121)(H,107,124)(H,108,130)(H,109,125)(H,110,122)(H,111,126)(H,112,128)(H,113,127)(H,114,123)(H,115,135)(H,133,134). The predicted molar refractivity (Wildman–Crippen MR) is 509 cm³/mol. The number of likely N-dealkylation sites (tertiary alicyclic amines) is 2. The number of nitrogens with one attached hydrogen (secondary N) is 14. The number of alkyl carbamates (subject to hydrolysis) is 1. The van der Waals surface area contributed by atoms with Crippen molar-refractivity contribution >= 4 is 128 Å². The molecular weight excluding hydrogens is 1780 g/mol. The molecule has 40 heteroatoms. The minimum absolute atomic E-state index is 0.00464. The van der Waals surface area contributed by atoms with E-state index in [9.17, 15) is 67.7 Å². The predicted octanol–water partition coefficient (Wildman–Crippen LogP) is 3.31. The summed E-state index contributed by atoms with van der Waals surface area (Å²) in [5, 5.41) is 51.1. The van der Waals surface area contributed by atoms with E-state index in [1.807, 2.05) is 91.0 Å². The van der Waals surface area contributed by atoms with Crippen molar-refractivity contribution in [2.75, 3.05) is 44.8 Å². The number of imidazole rings is 1. The van der Waals surface area contributed by atoms with Gasteiger partial charge < -0.3 is 115 Å². The maximum atomic E-state index is 15.4. The van der Waals surface area contributed by atoms with Crippen molar-refractivity contribution in [3.8, 4) is 16.9 Å². The molecule has 1 aliphatic carbocycles. The maximum Gasteiger partial charge on any atom is 0.407 e. The van der Waals surface area contributed by atoms with Gasteiger partial charge in [-0.05, 0) is 171 Å². The third-order valence-corrected chi connectivity index (χ3v) is 25.2. The third kappa shape index (κ3) is 28.9. The lowest BCUT2D eigenvalue weighted by molar-refractivity contribution is -0.143. The van der Waals surface area contributed by atoms with Crippen LogP contribution in [-0.4, -0.2) is 252 Å². The second-order valence-electron chi connectivity index (χ2n) is 35.7. The van der Waals surface area contributed by atoms with E-state index in [2.05, 4.69) is 78.4 Å². The second kappa shape index (κ2) is 49.9. The summed E-state index contributed by atoms with van der Waals surface area (Å²) in [5.74, 6) is -13.7. The number of aromatic nitrogens is 4. The first-order valence-corrected chi connectivity index (χ1v) is 47.7. The van der Waals surface area contributed by atoms with Gasteiger partial charge in [-0.2, -0.15) is 11.8 Å². The normalized spacial score (nSPS) is 16.1. The number of carbonyl (C=O) groups is 16. The molecule has 2 saturated heterocycles. The van der Waals surface area contributed by atoms with E-state index in [1.165, 1.54) is 58.4 Å². The number of carboxylic acids is 1. The van der Waals surface area contributed by atoms with Gasteiger partial charge >= 0.3 is 12.1 Å². The van der Waals surface area contributed by atoms with Gasteiger partial charge in [0.25, 0.3) is 0 Å². The first-order valence-electron chi connectivity index (χ1n) is 46.3. The Morgan fingerprint density at radius 3 is 1.45 bits per heavy atom. The van der Waals surface area contributed by atoms with Crippen LogP contribution in [-0.2, 0) is 102 Å². The number of ether oxygens (including phenoxy) is 1. The van der Waals surface area contributed by atoms with Crippen LogP contribution in [0.15, 0.2) is 146 Å². The molecule has 3 aromatic heterocycles. The summed E-state index contributed by atoms with van der Waals surface area (Å²) in [6.07, 6.45) is 6.36. The van der Waals surface area contributed by atoms with Gasteiger partial charge in [-0.1, -0.05) is 125 Å². The molecule has 3 aliphatic rings. The Hall–Kier alpha value is -14.2. The zero-order chi connectivity index (χ0) is 98.5. The molecule has 22 N–H and O–H groups in total. The topological polar surface area (TPSA) is 600 Å². The Kier molecular flexibility index (Phi) is 37.6. The third-order valence-electron chi connectivity index (χ3n) is 24.6. The Morgan fingerprint density at radius 2 is 0.942 bits per heavy atom. The van der Waals surface area contributed by atoms with Crippen LogP contribution < -0.4 is 75.7 Å². The van der Waals surface area contributed by atoms with Crippen molar-refractivity contribution in [1.82, 2.24) is 88.2 Å². The van der Waals surface area contributed by atoms with Gasteiger partial charge in [0.2, 0.25) is 82.7 Å². The fraction of sp³-hybridized carbons (Fsp3) is 0.454. The molecule has 12 unspecified atom stereocenters. The number of carboxylic acid groups (broad SMARTS) is 1. The first kappa shape index (κ1) is 103. The molecule has 15 amide bonds. The van der Waals surface area contributed by atoms with Crippen molar-refractivity contribution in [3.05, 3.63) is 180 Å². The number of fused-ring (bicyclic) bond motifs is 5. The van der Waals surface area contributed by atoms with Crippen molar-refractivity contribution in [1.29, 1.82) is 0 Å². The number of aromatic amines is 3. The summed E-state index contributed by atoms with van der Waals surface area (Å²) in [6.45, 7) is 6.49. The molecule has 0 saturated carbocycles. The molecule has 732 valence electrons. The number of nitrogens with two attached hydrogens (primary N) is 3. The number of carbonyl (C=O) groups excluding carboxylic acids is 15. The summed E-state index contributed by atoms with van der Waals surface area (Å²) in [4.78, 5) is 244. The minimum Gasteiger partial charge on any atom is -0.508 e. The molecule has 11 rings (SSSR count). The average Bonchev–Trinajstić information content (AvgIpc) is 1.61. The molecule has 137 heavy (non-hydrogen) atoms. The molecule has 2 fully saturated rings. The number of thioether (sulfide) groups is 1. The van der Waals surface area contributed by atoms with Crippen LogP contribution in [0.2, 0.25) is 0 Å². The average molecular weight is 1910 g/mol. The van der Waals surface area contributed by atoms with Crippen molar-refractivity contribution in [3.63, 3.8) is 0 Å². The molecule has 0 spiro atoms. The van der Waals surface area contributed by atoms with Gasteiger partial charge in [0.05, 0.1) is 18.6 Å². The van der Waals surface area contributed by atoms with Gasteiger partial charge in [0, 0.05) is 97.9 Å². The number of hydrogen-bond donors (Lipinski definition) is 19. The van der Waals surface area contributed by atoms with Crippen LogP contribution in [0, 0.1) is 11.8 Å². The summed E-state index contributed by atoms with van der Waals surface area (Å²) in [5.41, 5.74) is 24.6. The highest BCUT2D eigenvalue weighted by Gasteiger charge is 2.44. The lowest BCUT2D eigenvalue weighted by Gasteiger charge is -2.31. The summed E-state index contributed by atoms with van der Waals surface area (Å²) >= 11 is 1.36. The van der Waals surface area contributed by atoms with Crippen LogP contribution in [0.4, 0.5) is 4.79 Å². The fourth-order valence-electron chi connectivity index (χ4n) is 17.6. The highest BCUT2D eigenvalue weighted by Crippen LogP contribution is 2.45. The van der Waals surface area contributed by atoms with Crippen LogP contribution in [0.25, 0.3) is 32.9 Å². The van der Waals surface area contributed by atoms with Gasteiger partial charge in [-0.25, -0.2) is 14.6 Å². The van der Waals surface area contributed by atoms with Crippen LogP contribution in [0.1, 0.15) is 157 Å². The summed E-state index contributed by atoms with van der Waals surface area (Å²) < 4.78 is 5.98. The molecule has 5 heterocycles. The SMILES string of the molecule is CSCCC(NC(=O)C1CCCN1C(=O)C(CCC(N)=O)NC(=O)CNC(=O)C1CCCN1C(=O)C(CCCCN)NC(=O)C(CC(C)C)NC(=O)C(CCC(N)=O)NC(=O)C(CC(C)C)NC(=O)C(Cc1c[nH]c2ccccc12)NC(=O)C(Cc1c[nH]cn1)NC(=O)C(Cc1c[nH]c2ccccc12)NC(=O)OCC1c2ccccc2-c2ccccc21)C(=O)NC(Cc1ccc(O)cc1)C(=O)O. The molecule has 0 radical (unpaired) electrons. The number of aromatic hydroxyl groups is 1. The second-order valence-corrected chi connectivity index (χ2v) is 36.7. The number of amides is 15. The number of phenols is 1. The highest BCUT2D eigenvalue weighted by molar-refractivity contribution is 7.98. The van der Waals surface area contributed by atoms with E-state index >= 15 is 19.2 Å². The number of aliphatic carboxylic acids is 1. The smallest absolute Gasteiger partial charge is 0.407 e. The summed E-state index contributed by atoms with van der Waals surface area (Å²) in [6, 6.07) is 19.3. The number of rotatable bonds is 51. The van der Waals surface area contributed by atoms with E-state index in [-0.39, 0.29) is 120 Å². The van der Waals surface area contributed by atoms with Crippen LogP contribution in [0.3, 0.4) is 0 Å². The number of hydrogen-bond acceptors (Lipinski definition) is 21. The van der Waals surface area contributed by atoms with E-state index in [0.717, 1.165) is 33.2 Å². The Morgan fingerprint density at radius 1 is 0.489 bits per heavy atom. The lowest BCUT2D eigenvalue weighted by atomic mass is 9.98. The maximum absolute atomic E-state index is 15.4. The molecule has 2 aliphatic heterocycles. The zero-order valence-corrected chi connectivity index (χ0v) is 78.1. The van der Waals surface area contributed by atoms with E-state index in [0.29, 0.717) is 64.7 Å². The number of primary amides is 2. The monoisotopic (exact) mass is 1900 g/mol. The molecule has 12 atom stereocenters. The molecular formula is C97H124N20O19S. The highest BCUT2D eigenvalue weighted by atomic mass is 32.2. The van der Waals surface area contributed by atoms with Crippen molar-refractivity contribution < 1.29 is 91.7 Å². The lowest BCUT2D eigenvalue weighted by Crippen LogP contribution is -2.61. The van der Waals surface area contributed by atoms with E-state index in [4.69, 9.17) is 21.9 Å². The van der Waals surface area contributed by atoms with Crippen LogP contribution >= 0.6 is 11.8 Å². The quantitative estimate of drug-likeness (QED) is 0.0243. The number of H-pyrrole nitrogens is 3. The largest absolute Gasteiger partial charge is 0.508 e. The number of nitrogens with zero attached hydrogens (tertiary/aromatic N) is 3. The molecule has 39 nitrogen and oxygen atoms in total. The molecule has 8 aromatic rings. The van der Waals surface area contributed by atoms with E-state index in [1.54, 1.807) is 52.4 Å². The van der Waals surface area contributed by atoms with Crippen molar-refractivity contribution in [2.24, 2.45) is 29.0 Å². The van der Waals surface area contributed by atoms with Gasteiger partial charge in [0.15, 0.2) is 0 Å². The Labute approximate surface area is 796 Å². The number of benzene rings is 5.